The third kappa shape index (κ3) is 2.79. The largest absolute Gasteiger partial charge is 0.397 e. The maximum absolute atomic E-state index is 6.09. The van der Waals surface area contributed by atoms with Gasteiger partial charge in [-0.3, -0.25) is 0 Å². The lowest BCUT2D eigenvalue weighted by molar-refractivity contribution is 0.590. The standard InChI is InChI=1S/C18H24N2/c1-13-10-11-14(18(2,3)4)12-17(13)20(5)16-9-7-6-8-15(16)19/h6-12H,19H2,1-5H3. The molecule has 0 atom stereocenters. The van der Waals surface area contributed by atoms with Crippen LogP contribution >= 0.6 is 0 Å². The van der Waals surface area contributed by atoms with Crippen molar-refractivity contribution in [2.24, 2.45) is 0 Å². The van der Waals surface area contributed by atoms with Crippen molar-refractivity contribution in [1.82, 2.24) is 0 Å². The molecule has 0 bridgehead atoms. The Bertz CT molecular complexity index is 609. The van der Waals surface area contributed by atoms with Crippen LogP contribution in [0.5, 0.6) is 0 Å². The number of benzene rings is 2. The number of anilines is 3. The highest BCUT2D eigenvalue weighted by molar-refractivity contribution is 5.76. The highest BCUT2D eigenvalue weighted by Gasteiger charge is 2.17. The Balaban J connectivity index is 2.50. The fourth-order valence-corrected chi connectivity index (χ4v) is 2.36. The van der Waals surface area contributed by atoms with Crippen molar-refractivity contribution in [1.29, 1.82) is 0 Å². The number of nitrogens with zero attached hydrogens (tertiary/aromatic N) is 1. The van der Waals surface area contributed by atoms with E-state index in [9.17, 15) is 0 Å². The SMILES string of the molecule is Cc1ccc(C(C)(C)C)cc1N(C)c1ccccc1N. The third-order valence-corrected chi connectivity index (χ3v) is 3.73. The summed E-state index contributed by atoms with van der Waals surface area (Å²) in [6.07, 6.45) is 0. The predicted molar refractivity (Wildman–Crippen MR) is 88.8 cm³/mol. The van der Waals surface area contributed by atoms with Crippen molar-refractivity contribution in [3.05, 3.63) is 53.6 Å². The van der Waals surface area contributed by atoms with E-state index in [1.54, 1.807) is 0 Å². The monoisotopic (exact) mass is 268 g/mol. The van der Waals surface area contributed by atoms with E-state index in [-0.39, 0.29) is 5.41 Å². The smallest absolute Gasteiger partial charge is 0.0641 e. The molecule has 0 saturated carbocycles. The molecular weight excluding hydrogens is 244 g/mol. The molecule has 0 radical (unpaired) electrons. The molecule has 0 aliphatic heterocycles. The lowest BCUT2D eigenvalue weighted by Gasteiger charge is -2.26. The van der Waals surface area contributed by atoms with Gasteiger partial charge in [-0.15, -0.1) is 0 Å². The molecule has 0 saturated heterocycles. The quantitative estimate of drug-likeness (QED) is 0.804. The fraction of sp³-hybridized carbons (Fsp3) is 0.333. The molecule has 2 heteroatoms. The Morgan fingerprint density at radius 3 is 2.20 bits per heavy atom. The van der Waals surface area contributed by atoms with Gasteiger partial charge in [0.1, 0.15) is 0 Å². The summed E-state index contributed by atoms with van der Waals surface area (Å²) in [5.41, 5.74) is 11.9. The summed E-state index contributed by atoms with van der Waals surface area (Å²) in [5.74, 6) is 0. The normalized spacial score (nSPS) is 11.4. The van der Waals surface area contributed by atoms with Crippen molar-refractivity contribution < 1.29 is 0 Å². The second-order valence-corrected chi connectivity index (χ2v) is 6.37. The van der Waals surface area contributed by atoms with E-state index in [4.69, 9.17) is 5.73 Å². The van der Waals surface area contributed by atoms with Gasteiger partial charge in [0.2, 0.25) is 0 Å². The first-order valence-electron chi connectivity index (χ1n) is 7.00. The minimum Gasteiger partial charge on any atom is -0.397 e. The van der Waals surface area contributed by atoms with Crippen molar-refractivity contribution in [3.63, 3.8) is 0 Å². The van der Waals surface area contributed by atoms with E-state index in [1.165, 1.54) is 16.8 Å². The number of nitrogen functional groups attached to an aromatic ring is 1. The van der Waals surface area contributed by atoms with Crippen LogP contribution in [0, 0.1) is 6.92 Å². The number of hydrogen-bond donors (Lipinski definition) is 1. The van der Waals surface area contributed by atoms with Crippen LogP contribution in [-0.4, -0.2) is 7.05 Å². The van der Waals surface area contributed by atoms with Gasteiger partial charge in [-0.2, -0.15) is 0 Å². The molecule has 20 heavy (non-hydrogen) atoms. The van der Waals surface area contributed by atoms with Crippen LogP contribution in [0.4, 0.5) is 17.1 Å². The minimum atomic E-state index is 0.144. The summed E-state index contributed by atoms with van der Waals surface area (Å²) in [7, 11) is 2.07. The van der Waals surface area contributed by atoms with E-state index in [0.717, 1.165) is 11.4 Å². The molecule has 0 amide bonds. The number of hydrogen-bond acceptors (Lipinski definition) is 2. The van der Waals surface area contributed by atoms with Crippen LogP contribution in [0.2, 0.25) is 0 Å². The van der Waals surface area contributed by atoms with E-state index in [0.29, 0.717) is 0 Å². The Labute approximate surface area is 122 Å². The summed E-state index contributed by atoms with van der Waals surface area (Å²) in [5, 5.41) is 0. The van der Waals surface area contributed by atoms with Gasteiger partial charge >= 0.3 is 0 Å². The number of rotatable bonds is 2. The Kier molecular flexibility index (Phi) is 3.76. The molecular formula is C18H24N2. The zero-order valence-electron chi connectivity index (χ0n) is 13.1. The van der Waals surface area contributed by atoms with Crippen LogP contribution in [0.3, 0.4) is 0 Å². The van der Waals surface area contributed by atoms with Gasteiger partial charge in [0.25, 0.3) is 0 Å². The Hall–Kier alpha value is -1.96. The molecule has 0 aliphatic rings. The lowest BCUT2D eigenvalue weighted by Crippen LogP contribution is -2.16. The highest BCUT2D eigenvalue weighted by Crippen LogP contribution is 2.34. The van der Waals surface area contributed by atoms with Crippen molar-refractivity contribution in [2.45, 2.75) is 33.1 Å². The molecule has 0 fully saturated rings. The summed E-state index contributed by atoms with van der Waals surface area (Å²) in [6.45, 7) is 8.84. The second kappa shape index (κ2) is 5.20. The second-order valence-electron chi connectivity index (χ2n) is 6.37. The molecule has 0 unspecified atom stereocenters. The first-order chi connectivity index (χ1) is 9.30. The summed E-state index contributed by atoms with van der Waals surface area (Å²) < 4.78 is 0. The van der Waals surface area contributed by atoms with Gasteiger partial charge in [0.15, 0.2) is 0 Å². The van der Waals surface area contributed by atoms with E-state index >= 15 is 0 Å². The number of para-hydroxylation sites is 2. The summed E-state index contributed by atoms with van der Waals surface area (Å²) in [6, 6.07) is 14.6. The average molecular weight is 268 g/mol. The predicted octanol–water partition coefficient (Wildman–Crippen LogP) is 4.64. The summed E-state index contributed by atoms with van der Waals surface area (Å²) >= 11 is 0. The van der Waals surface area contributed by atoms with Crippen molar-refractivity contribution in [3.8, 4) is 0 Å². The topological polar surface area (TPSA) is 29.3 Å². The molecule has 2 nitrogen and oxygen atoms in total. The van der Waals surface area contributed by atoms with Gasteiger partial charge in [-0.05, 0) is 41.7 Å². The first kappa shape index (κ1) is 14.4. The molecule has 0 spiro atoms. The van der Waals surface area contributed by atoms with Crippen molar-refractivity contribution in [2.75, 3.05) is 17.7 Å². The van der Waals surface area contributed by atoms with Gasteiger partial charge in [0, 0.05) is 12.7 Å². The molecule has 2 rings (SSSR count). The van der Waals surface area contributed by atoms with Crippen LogP contribution in [0.15, 0.2) is 42.5 Å². The molecule has 0 aromatic heterocycles. The third-order valence-electron chi connectivity index (χ3n) is 3.73. The molecule has 2 aromatic carbocycles. The highest BCUT2D eigenvalue weighted by atomic mass is 15.1. The van der Waals surface area contributed by atoms with Crippen LogP contribution in [0.1, 0.15) is 31.9 Å². The van der Waals surface area contributed by atoms with Gasteiger partial charge in [0.05, 0.1) is 11.4 Å². The van der Waals surface area contributed by atoms with E-state index in [2.05, 4.69) is 63.9 Å². The van der Waals surface area contributed by atoms with Gasteiger partial charge in [-0.1, -0.05) is 45.0 Å². The molecule has 106 valence electrons. The Morgan fingerprint density at radius 1 is 0.950 bits per heavy atom. The molecule has 2 aromatic rings. The van der Waals surface area contributed by atoms with Crippen LogP contribution in [0.25, 0.3) is 0 Å². The van der Waals surface area contributed by atoms with Gasteiger partial charge < -0.3 is 10.6 Å². The zero-order chi connectivity index (χ0) is 14.9. The minimum absolute atomic E-state index is 0.144. The van der Waals surface area contributed by atoms with Gasteiger partial charge in [-0.25, -0.2) is 0 Å². The summed E-state index contributed by atoms with van der Waals surface area (Å²) in [4.78, 5) is 2.17. The van der Waals surface area contributed by atoms with E-state index in [1.807, 2.05) is 18.2 Å². The number of aryl methyl sites for hydroxylation is 1. The van der Waals surface area contributed by atoms with Crippen LogP contribution < -0.4 is 10.6 Å². The molecule has 0 aliphatic carbocycles. The first-order valence-corrected chi connectivity index (χ1v) is 7.00. The fourth-order valence-electron chi connectivity index (χ4n) is 2.36. The zero-order valence-corrected chi connectivity index (χ0v) is 13.1. The van der Waals surface area contributed by atoms with E-state index < -0.39 is 0 Å². The lowest BCUT2D eigenvalue weighted by atomic mass is 9.86. The molecule has 2 N–H and O–H groups in total. The average Bonchev–Trinajstić information content (AvgIpc) is 2.37. The number of nitrogens with two attached hydrogens (primary N) is 1. The maximum Gasteiger partial charge on any atom is 0.0641 e. The van der Waals surface area contributed by atoms with Crippen molar-refractivity contribution >= 4 is 17.1 Å². The molecule has 0 heterocycles. The maximum atomic E-state index is 6.09. The Morgan fingerprint density at radius 2 is 1.60 bits per heavy atom. The van der Waals surface area contributed by atoms with Crippen LogP contribution in [-0.2, 0) is 5.41 Å².